The molecule has 4 nitrogen and oxygen atoms in total. The minimum atomic E-state index is -0.954. The molecule has 1 heterocycles. The highest BCUT2D eigenvalue weighted by Gasteiger charge is 2.16. The molecule has 1 aromatic heterocycles. The summed E-state index contributed by atoms with van der Waals surface area (Å²) in [6.07, 6.45) is 0. The predicted octanol–water partition coefficient (Wildman–Crippen LogP) is 3.35. The maximum Gasteiger partial charge on any atom is 0.347 e. The van der Waals surface area contributed by atoms with E-state index in [9.17, 15) is 4.79 Å². The van der Waals surface area contributed by atoms with Crippen LogP contribution in [0.4, 0.5) is 0 Å². The van der Waals surface area contributed by atoms with Crippen molar-refractivity contribution in [3.8, 4) is 5.75 Å². The molecule has 100 valence electrons. The van der Waals surface area contributed by atoms with Crippen LogP contribution in [-0.2, 0) is 6.61 Å². The molecule has 1 N–H and O–H groups in total. The molecule has 0 aliphatic rings. The average Bonchev–Trinajstić information content (AvgIpc) is 2.72. The Hall–Kier alpha value is -1.88. The minimum absolute atomic E-state index is 0.177. The number of carboxylic acid groups (broad SMARTS) is 1. The van der Waals surface area contributed by atoms with Crippen molar-refractivity contribution in [1.29, 1.82) is 0 Å². The van der Waals surface area contributed by atoms with E-state index in [1.807, 2.05) is 32.0 Å². The summed E-state index contributed by atoms with van der Waals surface area (Å²) in [6, 6.07) is 5.93. The van der Waals surface area contributed by atoms with Gasteiger partial charge >= 0.3 is 5.97 Å². The number of aryl methyl sites for hydroxylation is 3. The zero-order valence-corrected chi connectivity index (χ0v) is 11.9. The Labute approximate surface area is 115 Å². The standard InChI is InChI=1S/C14H15NO3S/c1-8-4-5-9(2)12(6-8)18-7-11-13(14(16)17)19-10(3)15-11/h4-6H,7H2,1-3H3,(H,16,17). The Morgan fingerprint density at radius 1 is 1.37 bits per heavy atom. The Kier molecular flexibility index (Phi) is 3.85. The van der Waals surface area contributed by atoms with Crippen LogP contribution in [0.5, 0.6) is 5.75 Å². The molecular weight excluding hydrogens is 262 g/mol. The van der Waals surface area contributed by atoms with E-state index in [-0.39, 0.29) is 11.5 Å². The van der Waals surface area contributed by atoms with E-state index in [0.29, 0.717) is 5.69 Å². The van der Waals surface area contributed by atoms with Crippen LogP contribution in [0, 0.1) is 20.8 Å². The van der Waals surface area contributed by atoms with Crippen molar-refractivity contribution in [2.24, 2.45) is 0 Å². The lowest BCUT2D eigenvalue weighted by atomic mass is 10.1. The van der Waals surface area contributed by atoms with E-state index in [1.165, 1.54) is 11.3 Å². The van der Waals surface area contributed by atoms with Crippen molar-refractivity contribution in [1.82, 2.24) is 4.98 Å². The minimum Gasteiger partial charge on any atom is -0.487 e. The first-order valence-electron chi connectivity index (χ1n) is 5.87. The van der Waals surface area contributed by atoms with E-state index in [4.69, 9.17) is 9.84 Å². The average molecular weight is 277 g/mol. The summed E-state index contributed by atoms with van der Waals surface area (Å²) in [5, 5.41) is 9.82. The van der Waals surface area contributed by atoms with Crippen LogP contribution in [0.15, 0.2) is 18.2 Å². The highest BCUT2D eigenvalue weighted by molar-refractivity contribution is 7.13. The molecular formula is C14H15NO3S. The van der Waals surface area contributed by atoms with Crippen molar-refractivity contribution >= 4 is 17.3 Å². The summed E-state index contributed by atoms with van der Waals surface area (Å²) >= 11 is 1.17. The third-order valence-corrected chi connectivity index (χ3v) is 3.71. The number of carboxylic acids is 1. The van der Waals surface area contributed by atoms with Gasteiger partial charge < -0.3 is 9.84 Å². The second-order valence-electron chi connectivity index (χ2n) is 4.37. The van der Waals surface area contributed by atoms with Crippen LogP contribution in [-0.4, -0.2) is 16.1 Å². The number of hydrogen-bond donors (Lipinski definition) is 1. The van der Waals surface area contributed by atoms with Crippen molar-refractivity contribution < 1.29 is 14.6 Å². The predicted molar refractivity (Wildman–Crippen MR) is 74.1 cm³/mol. The summed E-state index contributed by atoms with van der Waals surface area (Å²) in [6.45, 7) is 5.91. The highest BCUT2D eigenvalue weighted by Crippen LogP contribution is 2.23. The van der Waals surface area contributed by atoms with Gasteiger partial charge in [0.15, 0.2) is 0 Å². The normalized spacial score (nSPS) is 10.5. The maximum absolute atomic E-state index is 11.1. The quantitative estimate of drug-likeness (QED) is 0.931. The summed E-state index contributed by atoms with van der Waals surface area (Å²) in [4.78, 5) is 15.5. The van der Waals surface area contributed by atoms with Gasteiger partial charge in [0.25, 0.3) is 0 Å². The lowest BCUT2D eigenvalue weighted by Gasteiger charge is -2.09. The second-order valence-corrected chi connectivity index (χ2v) is 5.57. The third-order valence-electron chi connectivity index (χ3n) is 2.71. The van der Waals surface area contributed by atoms with Gasteiger partial charge in [0.1, 0.15) is 22.9 Å². The van der Waals surface area contributed by atoms with Gasteiger partial charge in [-0.05, 0) is 38.0 Å². The lowest BCUT2D eigenvalue weighted by molar-refractivity contribution is 0.0699. The highest BCUT2D eigenvalue weighted by atomic mass is 32.1. The number of aromatic nitrogens is 1. The monoisotopic (exact) mass is 277 g/mol. The number of carbonyl (C=O) groups is 1. The number of rotatable bonds is 4. The van der Waals surface area contributed by atoms with Crippen LogP contribution in [0.2, 0.25) is 0 Å². The van der Waals surface area contributed by atoms with E-state index in [2.05, 4.69) is 4.98 Å². The molecule has 0 aliphatic carbocycles. The van der Waals surface area contributed by atoms with Crippen LogP contribution in [0.3, 0.4) is 0 Å². The maximum atomic E-state index is 11.1. The first-order chi connectivity index (χ1) is 8.97. The van der Waals surface area contributed by atoms with Gasteiger partial charge in [-0.3, -0.25) is 0 Å². The molecule has 2 aromatic rings. The van der Waals surface area contributed by atoms with Crippen molar-refractivity contribution in [2.45, 2.75) is 27.4 Å². The number of aromatic carboxylic acids is 1. The molecule has 0 fully saturated rings. The smallest absolute Gasteiger partial charge is 0.347 e. The summed E-state index contributed by atoms with van der Waals surface area (Å²) < 4.78 is 5.69. The molecule has 0 atom stereocenters. The first-order valence-corrected chi connectivity index (χ1v) is 6.68. The Morgan fingerprint density at radius 2 is 2.11 bits per heavy atom. The van der Waals surface area contributed by atoms with Crippen LogP contribution < -0.4 is 4.74 Å². The fourth-order valence-electron chi connectivity index (χ4n) is 1.74. The zero-order chi connectivity index (χ0) is 14.0. The van der Waals surface area contributed by atoms with Gasteiger partial charge in [-0.1, -0.05) is 12.1 Å². The van der Waals surface area contributed by atoms with Crippen molar-refractivity contribution in [3.05, 3.63) is 44.9 Å². The Balaban J connectivity index is 2.19. The van der Waals surface area contributed by atoms with Crippen LogP contribution in [0.1, 0.15) is 31.5 Å². The fraction of sp³-hybridized carbons (Fsp3) is 0.286. The molecule has 5 heteroatoms. The molecule has 0 bridgehead atoms. The van der Waals surface area contributed by atoms with E-state index in [0.717, 1.165) is 21.9 Å². The summed E-state index contributed by atoms with van der Waals surface area (Å²) in [7, 11) is 0. The number of hydrogen-bond acceptors (Lipinski definition) is 4. The molecule has 0 radical (unpaired) electrons. The molecule has 0 spiro atoms. The molecule has 0 unspecified atom stereocenters. The van der Waals surface area contributed by atoms with Gasteiger partial charge in [-0.15, -0.1) is 11.3 Å². The van der Waals surface area contributed by atoms with Gasteiger partial charge in [0.05, 0.1) is 5.01 Å². The second kappa shape index (κ2) is 5.40. The number of thiazole rings is 1. The first kappa shape index (κ1) is 13.5. The van der Waals surface area contributed by atoms with E-state index >= 15 is 0 Å². The summed E-state index contributed by atoms with van der Waals surface area (Å²) in [5.41, 5.74) is 2.61. The largest absolute Gasteiger partial charge is 0.487 e. The van der Waals surface area contributed by atoms with Crippen LogP contribution in [0.25, 0.3) is 0 Å². The molecule has 1 aromatic carbocycles. The molecule has 2 rings (SSSR count). The zero-order valence-electron chi connectivity index (χ0n) is 11.1. The van der Waals surface area contributed by atoms with E-state index < -0.39 is 5.97 Å². The Bertz CT molecular complexity index is 619. The lowest BCUT2D eigenvalue weighted by Crippen LogP contribution is -2.04. The molecule has 0 saturated heterocycles. The molecule has 19 heavy (non-hydrogen) atoms. The van der Waals surface area contributed by atoms with Gasteiger partial charge in [-0.25, -0.2) is 9.78 Å². The van der Waals surface area contributed by atoms with Gasteiger partial charge in [0, 0.05) is 0 Å². The van der Waals surface area contributed by atoms with Crippen LogP contribution >= 0.6 is 11.3 Å². The van der Waals surface area contributed by atoms with Gasteiger partial charge in [0.2, 0.25) is 0 Å². The third kappa shape index (κ3) is 3.12. The van der Waals surface area contributed by atoms with Crippen molar-refractivity contribution in [3.63, 3.8) is 0 Å². The number of benzene rings is 1. The Morgan fingerprint density at radius 3 is 2.79 bits per heavy atom. The van der Waals surface area contributed by atoms with Gasteiger partial charge in [-0.2, -0.15) is 0 Å². The number of ether oxygens (including phenoxy) is 1. The SMILES string of the molecule is Cc1ccc(C)c(OCc2nc(C)sc2C(=O)O)c1. The summed E-state index contributed by atoms with van der Waals surface area (Å²) in [5.74, 6) is -0.188. The fourth-order valence-corrected chi connectivity index (χ4v) is 2.51. The topological polar surface area (TPSA) is 59.4 Å². The van der Waals surface area contributed by atoms with E-state index in [1.54, 1.807) is 6.92 Å². The molecule has 0 saturated carbocycles. The molecule has 0 aliphatic heterocycles. The van der Waals surface area contributed by atoms with Crippen molar-refractivity contribution in [2.75, 3.05) is 0 Å². The number of nitrogens with zero attached hydrogens (tertiary/aromatic N) is 1. The molecule has 0 amide bonds.